The number of nitrogens with zero attached hydrogens (tertiary/aromatic N) is 2. The van der Waals surface area contributed by atoms with Crippen molar-refractivity contribution in [3.05, 3.63) is 63.6 Å². The number of amides is 1. The Morgan fingerprint density at radius 2 is 1.93 bits per heavy atom. The number of ketones is 1. The van der Waals surface area contributed by atoms with Crippen molar-refractivity contribution in [2.45, 2.75) is 6.92 Å². The minimum absolute atomic E-state index is 0.0177. The number of benzene rings is 1. The van der Waals surface area contributed by atoms with Crippen molar-refractivity contribution in [2.75, 3.05) is 27.8 Å². The first kappa shape index (κ1) is 21.0. The monoisotopic (exact) mass is 384 g/mol. The van der Waals surface area contributed by atoms with Crippen LogP contribution in [0.2, 0.25) is 0 Å². The molecule has 0 bridgehead atoms. The van der Waals surface area contributed by atoms with Crippen LogP contribution in [0.3, 0.4) is 0 Å². The van der Waals surface area contributed by atoms with E-state index in [1.54, 1.807) is 64.5 Å². The highest BCUT2D eigenvalue weighted by atomic mass is 16.5. The maximum Gasteiger partial charge on any atom is 0.265 e. The summed E-state index contributed by atoms with van der Waals surface area (Å²) in [6.07, 6.45) is 2.90. The number of carbonyl (C=O) groups is 2. The summed E-state index contributed by atoms with van der Waals surface area (Å²) in [6.45, 7) is 1.69. The number of rotatable bonds is 7. The van der Waals surface area contributed by atoms with Gasteiger partial charge in [0.05, 0.1) is 7.11 Å². The lowest BCUT2D eigenvalue weighted by molar-refractivity contribution is -0.130. The molecule has 2 rings (SSSR count). The number of aromatic nitrogens is 1. The van der Waals surface area contributed by atoms with E-state index in [-0.39, 0.29) is 23.8 Å². The maximum absolute atomic E-state index is 12.6. The van der Waals surface area contributed by atoms with E-state index in [0.29, 0.717) is 17.0 Å². The Morgan fingerprint density at radius 3 is 2.57 bits per heavy atom. The number of allylic oxidation sites excluding steroid dienone is 1. The lowest BCUT2D eigenvalue weighted by Crippen LogP contribution is -2.27. The molecule has 1 aromatic heterocycles. The Kier molecular flexibility index (Phi) is 6.76. The predicted octanol–water partition coefficient (Wildman–Crippen LogP) is 2.07. The molecule has 1 heterocycles. The number of pyridine rings is 1. The summed E-state index contributed by atoms with van der Waals surface area (Å²) in [4.78, 5) is 38.1. The highest BCUT2D eigenvalue weighted by Gasteiger charge is 2.17. The Labute approximate surface area is 163 Å². The minimum atomic E-state index is -0.452. The van der Waals surface area contributed by atoms with Gasteiger partial charge in [-0.15, -0.1) is 0 Å². The molecule has 0 aliphatic carbocycles. The summed E-state index contributed by atoms with van der Waals surface area (Å²) in [7, 11) is 6.33. The van der Waals surface area contributed by atoms with E-state index in [9.17, 15) is 14.4 Å². The Bertz CT molecular complexity index is 973. The number of aryl methyl sites for hydroxylation is 1. The lowest BCUT2D eigenvalue weighted by Gasteiger charge is -2.11. The van der Waals surface area contributed by atoms with Crippen molar-refractivity contribution < 1.29 is 19.1 Å². The molecule has 148 valence electrons. The van der Waals surface area contributed by atoms with Crippen LogP contribution in [-0.2, 0) is 11.8 Å². The summed E-state index contributed by atoms with van der Waals surface area (Å²) < 4.78 is 12.1. The molecule has 0 spiro atoms. The zero-order valence-corrected chi connectivity index (χ0v) is 16.7. The lowest BCUT2D eigenvalue weighted by atomic mass is 10.1. The smallest absolute Gasteiger partial charge is 0.265 e. The number of methoxy groups -OCH3 is 1. The number of carbonyl (C=O) groups excluding carboxylic acids is 2. The van der Waals surface area contributed by atoms with Crippen LogP contribution < -0.4 is 15.0 Å². The van der Waals surface area contributed by atoms with Crippen LogP contribution in [-0.4, -0.2) is 49.0 Å². The third-order valence-corrected chi connectivity index (χ3v) is 4.25. The van der Waals surface area contributed by atoms with Crippen molar-refractivity contribution in [1.29, 1.82) is 0 Å². The molecule has 7 nitrogen and oxygen atoms in total. The van der Waals surface area contributed by atoms with Gasteiger partial charge in [0.15, 0.2) is 12.4 Å². The van der Waals surface area contributed by atoms with Crippen LogP contribution in [0.4, 0.5) is 0 Å². The van der Waals surface area contributed by atoms with Gasteiger partial charge in [0, 0.05) is 32.9 Å². The van der Waals surface area contributed by atoms with Gasteiger partial charge in [-0.1, -0.05) is 18.2 Å². The highest BCUT2D eigenvalue weighted by Crippen LogP contribution is 2.18. The van der Waals surface area contributed by atoms with E-state index in [0.717, 1.165) is 0 Å². The molecule has 0 aliphatic heterocycles. The fourth-order valence-corrected chi connectivity index (χ4v) is 2.42. The fraction of sp³-hybridized carbons (Fsp3) is 0.286. The van der Waals surface area contributed by atoms with Gasteiger partial charge in [-0.2, -0.15) is 0 Å². The number of hydrogen-bond donors (Lipinski definition) is 0. The van der Waals surface area contributed by atoms with E-state index >= 15 is 0 Å². The summed E-state index contributed by atoms with van der Waals surface area (Å²) in [5.41, 5.74) is 0.965. The normalized spacial score (nSPS) is 10.8. The molecule has 0 fully saturated rings. The second-order valence-corrected chi connectivity index (χ2v) is 6.44. The molecule has 0 atom stereocenters. The van der Waals surface area contributed by atoms with Gasteiger partial charge >= 0.3 is 0 Å². The fourth-order valence-electron chi connectivity index (χ4n) is 2.42. The topological polar surface area (TPSA) is 77.8 Å². The van der Waals surface area contributed by atoms with Gasteiger partial charge in [-0.05, 0) is 30.7 Å². The summed E-state index contributed by atoms with van der Waals surface area (Å²) >= 11 is 0. The van der Waals surface area contributed by atoms with Crippen LogP contribution >= 0.6 is 0 Å². The van der Waals surface area contributed by atoms with Gasteiger partial charge in [0.1, 0.15) is 17.1 Å². The van der Waals surface area contributed by atoms with Crippen molar-refractivity contribution in [1.82, 2.24) is 9.47 Å². The zero-order chi connectivity index (χ0) is 20.8. The molecule has 0 saturated carbocycles. The zero-order valence-electron chi connectivity index (χ0n) is 16.7. The number of ether oxygens (including phenoxy) is 2. The van der Waals surface area contributed by atoms with Crippen LogP contribution in [0.15, 0.2) is 41.2 Å². The van der Waals surface area contributed by atoms with Gasteiger partial charge in [0.2, 0.25) is 0 Å². The molecule has 0 unspecified atom stereocenters. The van der Waals surface area contributed by atoms with Crippen LogP contribution in [0.5, 0.6) is 11.5 Å². The van der Waals surface area contributed by atoms with Gasteiger partial charge in [0.25, 0.3) is 11.5 Å². The molecular weight excluding hydrogens is 360 g/mol. The first-order valence-corrected chi connectivity index (χ1v) is 8.64. The van der Waals surface area contributed by atoms with Gasteiger partial charge in [-0.25, -0.2) is 0 Å². The van der Waals surface area contributed by atoms with Gasteiger partial charge < -0.3 is 18.9 Å². The average molecular weight is 384 g/mol. The second-order valence-electron chi connectivity index (χ2n) is 6.44. The SMILES string of the molecule is COc1cc(C)n(C)c(=O)c1C(=O)C=Cc1cccc(OCC(=O)N(C)C)c1. The van der Waals surface area contributed by atoms with E-state index < -0.39 is 11.3 Å². The standard InChI is InChI=1S/C21H24N2O5/c1-14-11-18(27-5)20(21(26)23(14)4)17(24)10-9-15-7-6-8-16(12-15)28-13-19(25)22(2)3/h6-12H,13H2,1-5H3. The molecule has 2 aromatic rings. The molecule has 0 saturated heterocycles. The summed E-state index contributed by atoms with van der Waals surface area (Å²) in [5.74, 6) is 0.146. The molecule has 0 N–H and O–H groups in total. The van der Waals surface area contributed by atoms with E-state index in [1.807, 2.05) is 0 Å². The third-order valence-electron chi connectivity index (χ3n) is 4.25. The largest absolute Gasteiger partial charge is 0.496 e. The predicted molar refractivity (Wildman–Crippen MR) is 107 cm³/mol. The summed E-state index contributed by atoms with van der Waals surface area (Å²) in [6, 6.07) is 8.62. The van der Waals surface area contributed by atoms with E-state index in [4.69, 9.17) is 9.47 Å². The minimum Gasteiger partial charge on any atom is -0.496 e. The molecule has 28 heavy (non-hydrogen) atoms. The molecule has 0 radical (unpaired) electrons. The first-order chi connectivity index (χ1) is 13.2. The van der Waals surface area contributed by atoms with Crippen molar-refractivity contribution >= 4 is 17.8 Å². The first-order valence-electron chi connectivity index (χ1n) is 8.64. The molecule has 0 aliphatic rings. The van der Waals surface area contributed by atoms with Gasteiger partial charge in [-0.3, -0.25) is 14.4 Å². The Morgan fingerprint density at radius 1 is 1.21 bits per heavy atom. The molecule has 1 amide bonds. The van der Waals surface area contributed by atoms with E-state index in [1.165, 1.54) is 22.7 Å². The summed E-state index contributed by atoms with van der Waals surface area (Å²) in [5, 5.41) is 0. The second kappa shape index (κ2) is 9.03. The molecular formula is C21H24N2O5. The molecule has 1 aromatic carbocycles. The molecule has 7 heteroatoms. The Balaban J connectivity index is 2.22. The average Bonchev–Trinajstić information content (AvgIpc) is 2.68. The number of hydrogen-bond acceptors (Lipinski definition) is 5. The quantitative estimate of drug-likeness (QED) is 0.539. The Hall–Kier alpha value is -3.35. The third kappa shape index (κ3) is 4.88. The van der Waals surface area contributed by atoms with Crippen LogP contribution in [0.25, 0.3) is 6.08 Å². The number of likely N-dealkylation sites (N-methyl/N-ethyl adjacent to an activating group) is 1. The van der Waals surface area contributed by atoms with Crippen molar-refractivity contribution in [3.63, 3.8) is 0 Å². The van der Waals surface area contributed by atoms with Crippen LogP contribution in [0, 0.1) is 6.92 Å². The van der Waals surface area contributed by atoms with E-state index in [2.05, 4.69) is 0 Å². The maximum atomic E-state index is 12.6. The highest BCUT2D eigenvalue weighted by molar-refractivity contribution is 6.08. The van der Waals surface area contributed by atoms with Crippen molar-refractivity contribution in [2.24, 2.45) is 7.05 Å². The van der Waals surface area contributed by atoms with Crippen LogP contribution in [0.1, 0.15) is 21.6 Å². The van der Waals surface area contributed by atoms with Crippen molar-refractivity contribution in [3.8, 4) is 11.5 Å².